The van der Waals surface area contributed by atoms with Gasteiger partial charge in [-0.3, -0.25) is 9.36 Å². The number of anilines is 1. The summed E-state index contributed by atoms with van der Waals surface area (Å²) in [7, 11) is 4.45. The Labute approximate surface area is 246 Å². The molecule has 9 heteroatoms. The van der Waals surface area contributed by atoms with E-state index in [1.165, 1.54) is 18.0 Å². The number of aliphatic hydroxyl groups is 1. The van der Waals surface area contributed by atoms with Crippen LogP contribution in [-0.2, 0) is 24.4 Å². The average Bonchev–Trinajstić information content (AvgIpc) is 3.02. The van der Waals surface area contributed by atoms with E-state index in [0.717, 1.165) is 39.3 Å². The number of aromatic nitrogens is 2. The van der Waals surface area contributed by atoms with Gasteiger partial charge in [0.1, 0.15) is 17.8 Å². The molecule has 0 aliphatic carbocycles. The molecule has 1 heterocycles. The molecule has 0 saturated heterocycles. The van der Waals surface area contributed by atoms with E-state index in [0.29, 0.717) is 18.8 Å². The fourth-order valence-corrected chi connectivity index (χ4v) is 4.75. The number of aliphatic hydroxyl groups excluding tert-OH is 1. The van der Waals surface area contributed by atoms with Crippen molar-refractivity contribution in [3.05, 3.63) is 111 Å². The fraction of sp³-hybridized carbons (Fsp3) is 0.303. The van der Waals surface area contributed by atoms with Gasteiger partial charge >= 0.3 is 5.97 Å². The zero-order valence-corrected chi connectivity index (χ0v) is 25.3. The maximum Gasteiger partial charge on any atom is 0.347 e. The highest BCUT2D eigenvalue weighted by molar-refractivity contribution is 5.94. The van der Waals surface area contributed by atoms with Crippen LogP contribution in [0.25, 0.3) is 5.69 Å². The molecule has 0 bridgehead atoms. The summed E-state index contributed by atoms with van der Waals surface area (Å²) in [5.74, 6) is 0.874. The second-order valence-electron chi connectivity index (χ2n) is 9.40. The molecule has 222 valence electrons. The molecule has 0 aliphatic rings. The molecule has 4 rings (SSSR count). The smallest absolute Gasteiger partial charge is 0.347 e. The summed E-state index contributed by atoms with van der Waals surface area (Å²) in [6, 6.07) is 18.7. The topological polar surface area (TPSA) is 103 Å². The molecule has 0 atom stereocenters. The van der Waals surface area contributed by atoms with Crippen molar-refractivity contribution in [3.63, 3.8) is 0 Å². The molecule has 0 spiro atoms. The summed E-state index contributed by atoms with van der Waals surface area (Å²) < 4.78 is 17.0. The van der Waals surface area contributed by atoms with Crippen LogP contribution in [0.4, 0.5) is 5.82 Å². The van der Waals surface area contributed by atoms with E-state index in [9.17, 15) is 14.7 Å². The van der Waals surface area contributed by atoms with E-state index in [1.54, 1.807) is 26.4 Å². The van der Waals surface area contributed by atoms with Crippen LogP contribution in [0.2, 0.25) is 0 Å². The normalized spacial score (nSPS) is 10.4. The summed E-state index contributed by atoms with van der Waals surface area (Å²) >= 11 is 0. The summed E-state index contributed by atoms with van der Waals surface area (Å²) in [5.41, 5.74) is 4.02. The van der Waals surface area contributed by atoms with E-state index >= 15 is 0 Å². The third-order valence-corrected chi connectivity index (χ3v) is 6.68. The minimum atomic E-state index is -0.779. The third-order valence-electron chi connectivity index (χ3n) is 6.68. The highest BCUT2D eigenvalue weighted by Gasteiger charge is 2.26. The number of benzene rings is 3. The molecule has 0 unspecified atom stereocenters. The van der Waals surface area contributed by atoms with Crippen molar-refractivity contribution in [2.75, 3.05) is 26.2 Å². The molecule has 42 heavy (non-hydrogen) atoms. The largest absolute Gasteiger partial charge is 0.497 e. The van der Waals surface area contributed by atoms with Crippen molar-refractivity contribution in [1.29, 1.82) is 0 Å². The Bertz CT molecular complexity index is 1470. The Morgan fingerprint density at radius 2 is 1.31 bits per heavy atom. The van der Waals surface area contributed by atoms with Gasteiger partial charge in [0.25, 0.3) is 5.56 Å². The number of esters is 1. The first-order valence-electron chi connectivity index (χ1n) is 13.7. The highest BCUT2D eigenvalue weighted by Crippen LogP contribution is 2.25. The first-order chi connectivity index (χ1) is 20.3. The van der Waals surface area contributed by atoms with Gasteiger partial charge in [-0.15, -0.1) is 0 Å². The van der Waals surface area contributed by atoms with Gasteiger partial charge in [-0.2, -0.15) is 0 Å². The van der Waals surface area contributed by atoms with Gasteiger partial charge in [0.2, 0.25) is 0 Å². The lowest BCUT2D eigenvalue weighted by atomic mass is 10.0. The van der Waals surface area contributed by atoms with Crippen molar-refractivity contribution in [2.45, 2.75) is 47.4 Å². The van der Waals surface area contributed by atoms with Crippen LogP contribution in [0, 0.1) is 13.8 Å². The Hall–Kier alpha value is -4.63. The maximum absolute atomic E-state index is 13.9. The minimum Gasteiger partial charge on any atom is -0.497 e. The van der Waals surface area contributed by atoms with Crippen LogP contribution in [0.1, 0.15) is 52.0 Å². The summed E-state index contributed by atoms with van der Waals surface area (Å²) in [6.07, 6.45) is 1.44. The van der Waals surface area contributed by atoms with E-state index in [2.05, 4.69) is 4.98 Å². The zero-order valence-electron chi connectivity index (χ0n) is 25.3. The number of aryl methyl sites for hydroxylation is 2. The van der Waals surface area contributed by atoms with Crippen molar-refractivity contribution >= 4 is 11.8 Å². The Morgan fingerprint density at radius 3 is 1.71 bits per heavy atom. The molecule has 4 aromatic rings. The lowest BCUT2D eigenvalue weighted by Crippen LogP contribution is -2.33. The first-order valence-corrected chi connectivity index (χ1v) is 13.7. The monoisotopic (exact) mass is 573 g/mol. The Balaban J connectivity index is 0.00000237. The molecule has 9 nitrogen and oxygen atoms in total. The highest BCUT2D eigenvalue weighted by atomic mass is 16.5. The summed E-state index contributed by atoms with van der Waals surface area (Å²) in [6.45, 7) is 8.30. The molecule has 0 amide bonds. The predicted molar refractivity (Wildman–Crippen MR) is 164 cm³/mol. The Morgan fingerprint density at radius 1 is 0.833 bits per heavy atom. The van der Waals surface area contributed by atoms with Crippen LogP contribution in [0.5, 0.6) is 11.5 Å². The molecule has 3 aromatic carbocycles. The average molecular weight is 574 g/mol. The quantitative estimate of drug-likeness (QED) is 0.252. The minimum absolute atomic E-state index is 0.118. The van der Waals surface area contributed by atoms with Gasteiger partial charge in [-0.25, -0.2) is 9.78 Å². The number of carbonyl (C=O) groups excluding carboxylic acids is 1. The molecule has 0 aliphatic heterocycles. The van der Waals surface area contributed by atoms with Crippen molar-refractivity contribution < 1.29 is 24.1 Å². The molecular weight excluding hydrogens is 534 g/mol. The van der Waals surface area contributed by atoms with Gasteiger partial charge in [-0.05, 0) is 65.9 Å². The number of hydrogen-bond donors (Lipinski definition) is 1. The van der Waals surface area contributed by atoms with E-state index in [4.69, 9.17) is 14.2 Å². The van der Waals surface area contributed by atoms with Crippen LogP contribution < -0.4 is 19.9 Å². The third kappa shape index (κ3) is 7.16. The molecule has 0 radical (unpaired) electrons. The number of nitrogens with zero attached hydrogens (tertiary/aromatic N) is 3. The standard InChI is InChI=1S/C31H33N3O6.C2H6/c1-20-14-24(18-35)15-21(2)28(20)34-19-32-29(27(30(34)36)31(37)40-5)33(16-22-6-10-25(38-3)11-7-22)17-23-8-12-26(39-4)13-9-23;1-2/h6-15,19,35H,16-18H2,1-5H3;1-2H3. The van der Waals surface area contributed by atoms with E-state index in [1.807, 2.05) is 81.1 Å². The number of hydrogen-bond acceptors (Lipinski definition) is 8. The van der Waals surface area contributed by atoms with E-state index in [-0.39, 0.29) is 18.0 Å². The van der Waals surface area contributed by atoms with Crippen LogP contribution in [-0.4, -0.2) is 42.0 Å². The lowest BCUT2D eigenvalue weighted by molar-refractivity contribution is 0.0598. The maximum atomic E-state index is 13.9. The van der Waals surface area contributed by atoms with Crippen molar-refractivity contribution in [1.82, 2.24) is 9.55 Å². The SMILES string of the molecule is CC.COC(=O)c1c(N(Cc2ccc(OC)cc2)Cc2ccc(OC)cc2)ncn(-c2c(C)cc(CO)cc2C)c1=O. The van der Waals surface area contributed by atoms with Gasteiger partial charge < -0.3 is 24.2 Å². The molecule has 0 fully saturated rings. The summed E-state index contributed by atoms with van der Waals surface area (Å²) in [4.78, 5) is 33.6. The van der Waals surface area contributed by atoms with Crippen LogP contribution >= 0.6 is 0 Å². The molecular formula is C33H39N3O6. The first kappa shape index (κ1) is 31.9. The Kier molecular flexibility index (Phi) is 11.3. The predicted octanol–water partition coefficient (Wildman–Crippen LogP) is 5.38. The second-order valence-corrected chi connectivity index (χ2v) is 9.40. The second kappa shape index (κ2) is 14.8. The van der Waals surface area contributed by atoms with Crippen molar-refractivity contribution in [2.24, 2.45) is 0 Å². The lowest BCUT2D eigenvalue weighted by Gasteiger charge is -2.26. The molecule has 0 saturated carbocycles. The zero-order chi connectivity index (χ0) is 30.8. The van der Waals surface area contributed by atoms with Crippen molar-refractivity contribution in [3.8, 4) is 17.2 Å². The fourth-order valence-electron chi connectivity index (χ4n) is 4.75. The number of rotatable bonds is 10. The molecule has 1 N–H and O–H groups in total. The van der Waals surface area contributed by atoms with Gasteiger partial charge in [0.05, 0.1) is 33.6 Å². The number of carbonyl (C=O) groups is 1. The van der Waals surface area contributed by atoms with Crippen LogP contribution in [0.15, 0.2) is 71.8 Å². The number of methoxy groups -OCH3 is 3. The van der Waals surface area contributed by atoms with E-state index < -0.39 is 11.5 Å². The van der Waals surface area contributed by atoms with Gasteiger partial charge in [-0.1, -0.05) is 50.2 Å². The number of ether oxygens (including phenoxy) is 3. The summed E-state index contributed by atoms with van der Waals surface area (Å²) in [5, 5.41) is 9.59. The van der Waals surface area contributed by atoms with Gasteiger partial charge in [0.15, 0.2) is 11.4 Å². The van der Waals surface area contributed by atoms with Crippen LogP contribution in [0.3, 0.4) is 0 Å². The van der Waals surface area contributed by atoms with Gasteiger partial charge in [0, 0.05) is 13.1 Å². The molecule has 1 aromatic heterocycles.